The highest BCUT2D eigenvalue weighted by atomic mass is 16.3. The van der Waals surface area contributed by atoms with Crippen molar-refractivity contribution in [3.63, 3.8) is 0 Å². The molecule has 132 valence electrons. The van der Waals surface area contributed by atoms with E-state index in [9.17, 15) is 9.59 Å². The van der Waals surface area contributed by atoms with E-state index in [4.69, 9.17) is 4.42 Å². The summed E-state index contributed by atoms with van der Waals surface area (Å²) in [4.78, 5) is 30.5. The number of nitrogens with zero attached hydrogens (tertiary/aromatic N) is 2. The Morgan fingerprint density at radius 2 is 2.00 bits per heavy atom. The molecule has 0 unspecified atom stereocenters. The lowest BCUT2D eigenvalue weighted by atomic mass is 10.1. The van der Waals surface area contributed by atoms with Crippen molar-refractivity contribution < 1.29 is 14.0 Å². The summed E-state index contributed by atoms with van der Waals surface area (Å²) in [5, 5.41) is 2.78. The fourth-order valence-corrected chi connectivity index (χ4v) is 2.56. The quantitative estimate of drug-likeness (QED) is 0.765. The SMILES string of the molecule is Cc1cc(C(=O)N(C)Cc2ccccn2)ccc1NC(=O)c1ccco1. The summed E-state index contributed by atoms with van der Waals surface area (Å²) < 4.78 is 5.08. The van der Waals surface area contributed by atoms with Crippen molar-refractivity contribution in [2.45, 2.75) is 13.5 Å². The number of furan rings is 1. The zero-order valence-electron chi connectivity index (χ0n) is 14.6. The lowest BCUT2D eigenvalue weighted by Gasteiger charge is -2.17. The van der Waals surface area contributed by atoms with Crippen molar-refractivity contribution in [1.82, 2.24) is 9.88 Å². The molecular weight excluding hydrogens is 330 g/mol. The molecule has 0 radical (unpaired) electrons. The van der Waals surface area contributed by atoms with E-state index in [0.29, 0.717) is 17.8 Å². The Hall–Kier alpha value is -3.41. The Labute approximate surface area is 151 Å². The van der Waals surface area contributed by atoms with Crippen LogP contribution in [-0.2, 0) is 6.54 Å². The predicted molar refractivity (Wildman–Crippen MR) is 97.9 cm³/mol. The molecule has 0 bridgehead atoms. The van der Waals surface area contributed by atoms with E-state index >= 15 is 0 Å². The van der Waals surface area contributed by atoms with Crippen LogP contribution in [0.4, 0.5) is 5.69 Å². The Morgan fingerprint density at radius 3 is 2.65 bits per heavy atom. The first kappa shape index (κ1) is 17.4. The van der Waals surface area contributed by atoms with Crippen LogP contribution < -0.4 is 5.32 Å². The molecule has 3 aromatic rings. The largest absolute Gasteiger partial charge is 0.459 e. The topological polar surface area (TPSA) is 75.4 Å². The average Bonchev–Trinajstić information content (AvgIpc) is 3.18. The monoisotopic (exact) mass is 349 g/mol. The molecule has 1 aromatic carbocycles. The zero-order valence-corrected chi connectivity index (χ0v) is 14.6. The predicted octanol–water partition coefficient (Wildman–Crippen LogP) is 3.51. The fourth-order valence-electron chi connectivity index (χ4n) is 2.56. The van der Waals surface area contributed by atoms with E-state index < -0.39 is 0 Å². The van der Waals surface area contributed by atoms with Gasteiger partial charge in [-0.25, -0.2) is 0 Å². The summed E-state index contributed by atoms with van der Waals surface area (Å²) >= 11 is 0. The second-order valence-electron chi connectivity index (χ2n) is 5.94. The smallest absolute Gasteiger partial charge is 0.291 e. The summed E-state index contributed by atoms with van der Waals surface area (Å²) in [6.07, 6.45) is 3.15. The molecule has 2 amide bonds. The van der Waals surface area contributed by atoms with Crippen LogP contribution in [0.1, 0.15) is 32.2 Å². The molecule has 2 heterocycles. The minimum absolute atomic E-state index is 0.109. The van der Waals surface area contributed by atoms with Gasteiger partial charge in [-0.1, -0.05) is 6.07 Å². The molecule has 3 rings (SSSR count). The third kappa shape index (κ3) is 3.97. The number of aryl methyl sites for hydroxylation is 1. The number of hydrogen-bond donors (Lipinski definition) is 1. The number of amides is 2. The number of benzene rings is 1. The van der Waals surface area contributed by atoms with Crippen molar-refractivity contribution >= 4 is 17.5 Å². The average molecular weight is 349 g/mol. The van der Waals surface area contributed by atoms with Crippen LogP contribution in [0.3, 0.4) is 0 Å². The molecule has 1 N–H and O–H groups in total. The molecule has 0 saturated heterocycles. The van der Waals surface area contributed by atoms with Crippen molar-refractivity contribution in [3.05, 3.63) is 83.6 Å². The van der Waals surface area contributed by atoms with Gasteiger partial charge in [0.15, 0.2) is 5.76 Å². The van der Waals surface area contributed by atoms with Crippen molar-refractivity contribution in [2.75, 3.05) is 12.4 Å². The first-order valence-corrected chi connectivity index (χ1v) is 8.15. The van der Waals surface area contributed by atoms with Crippen LogP contribution in [0, 0.1) is 6.92 Å². The van der Waals surface area contributed by atoms with E-state index in [1.54, 1.807) is 48.5 Å². The second kappa shape index (κ2) is 7.65. The number of carbonyl (C=O) groups is 2. The van der Waals surface area contributed by atoms with Crippen LogP contribution in [0.25, 0.3) is 0 Å². The molecule has 0 spiro atoms. The Balaban J connectivity index is 1.70. The van der Waals surface area contributed by atoms with Gasteiger partial charge >= 0.3 is 0 Å². The van der Waals surface area contributed by atoms with Gasteiger partial charge in [-0.2, -0.15) is 0 Å². The van der Waals surface area contributed by atoms with Gasteiger partial charge in [0.2, 0.25) is 0 Å². The first-order valence-electron chi connectivity index (χ1n) is 8.15. The maximum absolute atomic E-state index is 12.6. The van der Waals surface area contributed by atoms with Crippen molar-refractivity contribution in [3.8, 4) is 0 Å². The van der Waals surface area contributed by atoms with Crippen molar-refractivity contribution in [2.24, 2.45) is 0 Å². The molecule has 2 aromatic heterocycles. The van der Waals surface area contributed by atoms with Gasteiger partial charge < -0.3 is 14.6 Å². The molecule has 0 fully saturated rings. The third-order valence-electron chi connectivity index (χ3n) is 3.94. The van der Waals surface area contributed by atoms with Crippen molar-refractivity contribution in [1.29, 1.82) is 0 Å². The summed E-state index contributed by atoms with van der Waals surface area (Å²) in [6, 6.07) is 14.0. The van der Waals surface area contributed by atoms with Crippen LogP contribution >= 0.6 is 0 Å². The lowest BCUT2D eigenvalue weighted by Crippen LogP contribution is -2.26. The van der Waals surface area contributed by atoms with E-state index in [2.05, 4.69) is 10.3 Å². The summed E-state index contributed by atoms with van der Waals surface area (Å²) in [5.74, 6) is -0.202. The van der Waals surface area contributed by atoms with E-state index in [0.717, 1.165) is 11.3 Å². The highest BCUT2D eigenvalue weighted by Crippen LogP contribution is 2.19. The van der Waals surface area contributed by atoms with Gasteiger partial charge in [0, 0.05) is 24.5 Å². The van der Waals surface area contributed by atoms with Gasteiger partial charge in [0.25, 0.3) is 11.8 Å². The van der Waals surface area contributed by atoms with E-state index in [-0.39, 0.29) is 17.6 Å². The maximum atomic E-state index is 12.6. The zero-order chi connectivity index (χ0) is 18.5. The van der Waals surface area contributed by atoms with Crippen LogP contribution in [0.2, 0.25) is 0 Å². The Kier molecular flexibility index (Phi) is 5.12. The molecule has 0 saturated carbocycles. The van der Waals surface area contributed by atoms with Crippen LogP contribution in [0.5, 0.6) is 0 Å². The minimum atomic E-state index is -0.329. The molecule has 6 nitrogen and oxygen atoms in total. The highest BCUT2D eigenvalue weighted by Gasteiger charge is 2.15. The Bertz CT molecular complexity index is 905. The fraction of sp³-hybridized carbons (Fsp3) is 0.150. The molecule has 26 heavy (non-hydrogen) atoms. The van der Waals surface area contributed by atoms with Gasteiger partial charge in [0.1, 0.15) is 0 Å². The minimum Gasteiger partial charge on any atom is -0.459 e. The number of aromatic nitrogens is 1. The number of hydrogen-bond acceptors (Lipinski definition) is 4. The standard InChI is InChI=1S/C20H19N3O3/c1-14-12-15(20(25)23(2)13-16-6-3-4-10-21-16)8-9-17(14)22-19(24)18-7-5-11-26-18/h3-12H,13H2,1-2H3,(H,22,24). The van der Waals surface area contributed by atoms with Crippen LogP contribution in [-0.4, -0.2) is 28.7 Å². The first-order chi connectivity index (χ1) is 12.5. The molecule has 0 aliphatic rings. The van der Waals surface area contributed by atoms with Gasteiger partial charge in [0.05, 0.1) is 18.5 Å². The number of anilines is 1. The number of carbonyl (C=O) groups excluding carboxylic acids is 2. The molecule has 0 aliphatic carbocycles. The normalized spacial score (nSPS) is 10.4. The molecular formula is C20H19N3O3. The maximum Gasteiger partial charge on any atom is 0.291 e. The third-order valence-corrected chi connectivity index (χ3v) is 3.94. The lowest BCUT2D eigenvalue weighted by molar-refractivity contribution is 0.0783. The highest BCUT2D eigenvalue weighted by molar-refractivity contribution is 6.03. The van der Waals surface area contributed by atoms with E-state index in [1.165, 1.54) is 6.26 Å². The number of rotatable bonds is 5. The van der Waals surface area contributed by atoms with Gasteiger partial charge in [-0.15, -0.1) is 0 Å². The van der Waals surface area contributed by atoms with Crippen LogP contribution in [0.15, 0.2) is 65.4 Å². The molecule has 0 aliphatic heterocycles. The molecule has 6 heteroatoms. The second-order valence-corrected chi connectivity index (χ2v) is 5.94. The summed E-state index contributed by atoms with van der Waals surface area (Å²) in [7, 11) is 1.74. The van der Waals surface area contributed by atoms with E-state index in [1.807, 2.05) is 25.1 Å². The number of nitrogens with one attached hydrogen (secondary N) is 1. The number of pyridine rings is 1. The summed E-state index contributed by atoms with van der Waals surface area (Å²) in [6.45, 7) is 2.27. The summed E-state index contributed by atoms with van der Waals surface area (Å²) in [5.41, 5.74) is 2.80. The molecule has 0 atom stereocenters. The van der Waals surface area contributed by atoms with Gasteiger partial charge in [-0.05, 0) is 55.0 Å². The Morgan fingerprint density at radius 1 is 1.15 bits per heavy atom. The van der Waals surface area contributed by atoms with Gasteiger partial charge in [-0.3, -0.25) is 14.6 Å².